The summed E-state index contributed by atoms with van der Waals surface area (Å²) in [4.78, 5) is 12.4. The van der Waals surface area contributed by atoms with Gasteiger partial charge in [-0.05, 0) is 43.4 Å². The van der Waals surface area contributed by atoms with Gasteiger partial charge in [0, 0.05) is 6.04 Å². The summed E-state index contributed by atoms with van der Waals surface area (Å²) in [7, 11) is -2.04. The van der Waals surface area contributed by atoms with Gasteiger partial charge < -0.3 is 10.1 Å². The molecule has 134 valence electrons. The highest BCUT2D eigenvalue weighted by molar-refractivity contribution is 7.92. The van der Waals surface area contributed by atoms with Crippen molar-refractivity contribution in [2.75, 3.05) is 7.11 Å². The van der Waals surface area contributed by atoms with E-state index in [1.165, 1.54) is 20.5 Å². The first kappa shape index (κ1) is 18.8. The van der Waals surface area contributed by atoms with E-state index in [4.69, 9.17) is 4.74 Å². The highest BCUT2D eigenvalue weighted by atomic mass is 32.2. The maximum Gasteiger partial charge on any atom is 0.238 e. The molecule has 0 spiro atoms. The van der Waals surface area contributed by atoms with Gasteiger partial charge >= 0.3 is 0 Å². The van der Waals surface area contributed by atoms with Crippen LogP contribution in [0, 0.1) is 5.92 Å². The molecule has 1 saturated carbocycles. The van der Waals surface area contributed by atoms with E-state index in [9.17, 15) is 13.2 Å². The Bertz CT molecular complexity index is 671. The first-order valence-corrected chi connectivity index (χ1v) is 10.2. The Labute approximate surface area is 144 Å². The van der Waals surface area contributed by atoms with Crippen LogP contribution in [0.15, 0.2) is 24.3 Å². The van der Waals surface area contributed by atoms with Gasteiger partial charge in [0.15, 0.2) is 9.84 Å². The van der Waals surface area contributed by atoms with Gasteiger partial charge in [-0.25, -0.2) is 8.42 Å². The molecule has 1 amide bonds. The highest BCUT2D eigenvalue weighted by Gasteiger charge is 2.31. The van der Waals surface area contributed by atoms with Gasteiger partial charge in [0.05, 0.1) is 12.9 Å². The number of rotatable bonds is 6. The molecule has 1 aromatic carbocycles. The van der Waals surface area contributed by atoms with E-state index in [2.05, 4.69) is 12.2 Å². The van der Waals surface area contributed by atoms with Crippen LogP contribution in [0.1, 0.15) is 45.1 Å². The fourth-order valence-corrected chi connectivity index (χ4v) is 4.40. The smallest absolute Gasteiger partial charge is 0.238 e. The zero-order valence-corrected chi connectivity index (χ0v) is 15.4. The lowest BCUT2D eigenvalue weighted by Gasteiger charge is -2.30. The highest BCUT2D eigenvalue weighted by Crippen LogP contribution is 2.24. The number of carbonyl (C=O) groups is 1. The average Bonchev–Trinajstić information content (AvgIpc) is 2.56. The fourth-order valence-electron chi connectivity index (χ4n) is 3.11. The summed E-state index contributed by atoms with van der Waals surface area (Å²) in [6, 6.07) is 7.01. The topological polar surface area (TPSA) is 72.5 Å². The Balaban J connectivity index is 2.03. The zero-order valence-electron chi connectivity index (χ0n) is 14.6. The van der Waals surface area contributed by atoms with Crippen molar-refractivity contribution in [3.8, 4) is 5.75 Å². The quantitative estimate of drug-likeness (QED) is 0.853. The summed E-state index contributed by atoms with van der Waals surface area (Å²) < 4.78 is 30.2. The van der Waals surface area contributed by atoms with Crippen LogP contribution in [-0.4, -0.2) is 32.7 Å². The molecule has 0 heterocycles. The summed E-state index contributed by atoms with van der Waals surface area (Å²) >= 11 is 0. The molecule has 1 aliphatic rings. The van der Waals surface area contributed by atoms with Crippen molar-refractivity contribution in [2.24, 2.45) is 5.92 Å². The molecule has 0 aromatic heterocycles. The van der Waals surface area contributed by atoms with Crippen molar-refractivity contribution in [2.45, 2.75) is 56.6 Å². The Morgan fingerprint density at radius 3 is 2.71 bits per heavy atom. The standard InChI is InChI=1S/C18H27NO4S/c1-13-7-4-5-10-17(13)19-18(20)14(2)24(21,22)12-15-8-6-9-16(11-15)23-3/h6,8-9,11,13-14,17H,4-5,7,10,12H2,1-3H3,(H,19,20). The van der Waals surface area contributed by atoms with Gasteiger partial charge in [0.2, 0.25) is 5.91 Å². The molecule has 6 heteroatoms. The van der Waals surface area contributed by atoms with E-state index >= 15 is 0 Å². The molecule has 5 nitrogen and oxygen atoms in total. The largest absolute Gasteiger partial charge is 0.497 e. The monoisotopic (exact) mass is 353 g/mol. The molecule has 1 aromatic rings. The second-order valence-corrected chi connectivity index (χ2v) is 9.00. The molecule has 1 fully saturated rings. The number of nitrogens with one attached hydrogen (secondary N) is 1. The molecule has 24 heavy (non-hydrogen) atoms. The Hall–Kier alpha value is -1.56. The van der Waals surface area contributed by atoms with Crippen LogP contribution in [0.25, 0.3) is 0 Å². The maximum atomic E-state index is 12.6. The lowest BCUT2D eigenvalue weighted by molar-refractivity contribution is -0.121. The van der Waals surface area contributed by atoms with Gasteiger partial charge in [0.1, 0.15) is 11.0 Å². The number of hydrogen-bond donors (Lipinski definition) is 1. The molecule has 3 atom stereocenters. The third kappa shape index (κ3) is 4.72. The predicted molar refractivity (Wildman–Crippen MR) is 94.6 cm³/mol. The predicted octanol–water partition coefficient (Wildman–Crippen LogP) is 2.69. The van der Waals surface area contributed by atoms with Gasteiger partial charge in [0.25, 0.3) is 0 Å². The molecule has 0 bridgehead atoms. The van der Waals surface area contributed by atoms with E-state index in [0.717, 1.165) is 19.3 Å². The van der Waals surface area contributed by atoms with Gasteiger partial charge in [-0.15, -0.1) is 0 Å². The number of sulfone groups is 1. The van der Waals surface area contributed by atoms with E-state index in [-0.39, 0.29) is 11.8 Å². The van der Waals surface area contributed by atoms with Crippen molar-refractivity contribution < 1.29 is 17.9 Å². The molecular formula is C18H27NO4S. The molecule has 0 aliphatic heterocycles. The van der Waals surface area contributed by atoms with Crippen LogP contribution in [-0.2, 0) is 20.4 Å². The Morgan fingerprint density at radius 2 is 2.04 bits per heavy atom. The number of amides is 1. The third-order valence-corrected chi connectivity index (χ3v) is 6.88. The molecule has 3 unspecified atom stereocenters. The minimum Gasteiger partial charge on any atom is -0.497 e. The molecule has 1 aliphatic carbocycles. The number of hydrogen-bond acceptors (Lipinski definition) is 4. The number of carbonyl (C=O) groups excluding carboxylic acids is 1. The van der Waals surface area contributed by atoms with Crippen LogP contribution in [0.3, 0.4) is 0 Å². The second kappa shape index (κ2) is 8.01. The van der Waals surface area contributed by atoms with Crippen molar-refractivity contribution in [3.05, 3.63) is 29.8 Å². The first-order chi connectivity index (χ1) is 11.3. The summed E-state index contributed by atoms with van der Waals surface area (Å²) in [5, 5.41) is 1.88. The molecule has 1 N–H and O–H groups in total. The lowest BCUT2D eigenvalue weighted by atomic mass is 9.86. The summed E-state index contributed by atoms with van der Waals surface area (Å²) in [6.07, 6.45) is 4.27. The minimum atomic E-state index is -3.57. The van der Waals surface area contributed by atoms with Gasteiger partial charge in [-0.2, -0.15) is 0 Å². The van der Waals surface area contributed by atoms with Crippen molar-refractivity contribution in [3.63, 3.8) is 0 Å². The fraction of sp³-hybridized carbons (Fsp3) is 0.611. The van der Waals surface area contributed by atoms with Gasteiger partial charge in [-0.3, -0.25) is 4.79 Å². The Kier molecular flexibility index (Phi) is 6.27. The zero-order chi connectivity index (χ0) is 17.7. The summed E-state index contributed by atoms with van der Waals surface area (Å²) in [5.74, 6) is 0.447. The van der Waals surface area contributed by atoms with Crippen LogP contribution in [0.5, 0.6) is 5.75 Å². The molecule has 2 rings (SSSR count). The van der Waals surface area contributed by atoms with Crippen molar-refractivity contribution in [1.82, 2.24) is 5.32 Å². The molecule has 0 saturated heterocycles. The van der Waals surface area contributed by atoms with Crippen LogP contribution >= 0.6 is 0 Å². The average molecular weight is 353 g/mol. The van der Waals surface area contributed by atoms with Crippen LogP contribution < -0.4 is 10.1 Å². The van der Waals surface area contributed by atoms with Crippen molar-refractivity contribution >= 4 is 15.7 Å². The molecule has 0 radical (unpaired) electrons. The summed E-state index contributed by atoms with van der Waals surface area (Å²) in [6.45, 7) is 3.58. The van der Waals surface area contributed by atoms with E-state index in [1.54, 1.807) is 24.3 Å². The molecular weight excluding hydrogens is 326 g/mol. The second-order valence-electron chi connectivity index (χ2n) is 6.68. The lowest BCUT2D eigenvalue weighted by Crippen LogP contribution is -2.47. The van der Waals surface area contributed by atoms with E-state index < -0.39 is 21.0 Å². The number of benzene rings is 1. The summed E-state index contributed by atoms with van der Waals surface area (Å²) in [5.41, 5.74) is 0.625. The van der Waals surface area contributed by atoms with Crippen molar-refractivity contribution in [1.29, 1.82) is 0 Å². The minimum absolute atomic E-state index is 0.0840. The normalized spacial score (nSPS) is 22.6. The van der Waals surface area contributed by atoms with E-state index in [0.29, 0.717) is 17.2 Å². The van der Waals surface area contributed by atoms with Gasteiger partial charge in [-0.1, -0.05) is 31.9 Å². The number of methoxy groups -OCH3 is 1. The third-order valence-electron chi connectivity index (χ3n) is 4.85. The van der Waals surface area contributed by atoms with E-state index in [1.807, 2.05) is 0 Å². The number of ether oxygens (including phenoxy) is 1. The van der Waals surface area contributed by atoms with Crippen LogP contribution in [0.4, 0.5) is 0 Å². The van der Waals surface area contributed by atoms with Crippen LogP contribution in [0.2, 0.25) is 0 Å². The SMILES string of the molecule is COc1cccc(CS(=O)(=O)C(C)C(=O)NC2CCCCC2C)c1. The Morgan fingerprint density at radius 1 is 1.33 bits per heavy atom. The maximum absolute atomic E-state index is 12.6. The first-order valence-electron chi connectivity index (χ1n) is 8.48.